The van der Waals surface area contributed by atoms with Crippen molar-refractivity contribution in [3.63, 3.8) is 0 Å². The molecular weight excluding hydrogens is 183 g/mol. The van der Waals surface area contributed by atoms with Crippen molar-refractivity contribution in [2.75, 3.05) is 6.67 Å². The molecule has 0 bridgehead atoms. The fraction of sp³-hybridized carbons (Fsp3) is 0.364. The molecule has 1 atom stereocenters. The summed E-state index contributed by atoms with van der Waals surface area (Å²) in [5.41, 5.74) is 1.73. The Morgan fingerprint density at radius 1 is 1.50 bits per heavy atom. The zero-order chi connectivity index (χ0) is 10.6. The van der Waals surface area contributed by atoms with Gasteiger partial charge in [0.25, 0.3) is 0 Å². The van der Waals surface area contributed by atoms with E-state index in [-0.39, 0.29) is 6.42 Å². The summed E-state index contributed by atoms with van der Waals surface area (Å²) in [5, 5.41) is 8.60. The van der Waals surface area contributed by atoms with Crippen LogP contribution in [0.3, 0.4) is 0 Å². The Bertz CT molecular complexity index is 323. The summed E-state index contributed by atoms with van der Waals surface area (Å²) in [6.07, 6.45) is -0.151. The van der Waals surface area contributed by atoms with Crippen molar-refractivity contribution in [2.24, 2.45) is 0 Å². The van der Waals surface area contributed by atoms with Gasteiger partial charge in [0.2, 0.25) is 0 Å². The number of aliphatic carboxylic acids is 1. The van der Waals surface area contributed by atoms with Crippen molar-refractivity contribution < 1.29 is 14.3 Å². The first-order valence-corrected chi connectivity index (χ1v) is 4.48. The lowest BCUT2D eigenvalue weighted by Crippen LogP contribution is -2.09. The Morgan fingerprint density at radius 2 is 2.14 bits per heavy atom. The first-order chi connectivity index (χ1) is 6.65. The Labute approximate surface area is 82.4 Å². The highest BCUT2D eigenvalue weighted by molar-refractivity contribution is 5.68. The summed E-state index contributed by atoms with van der Waals surface area (Å²) in [6, 6.07) is 7.30. The number of halogens is 1. The molecule has 14 heavy (non-hydrogen) atoms. The van der Waals surface area contributed by atoms with Gasteiger partial charge in [-0.3, -0.25) is 9.18 Å². The van der Waals surface area contributed by atoms with Crippen molar-refractivity contribution >= 4 is 5.97 Å². The van der Waals surface area contributed by atoms with Crippen molar-refractivity contribution in [1.82, 2.24) is 0 Å². The average molecular weight is 196 g/mol. The van der Waals surface area contributed by atoms with Crippen LogP contribution in [-0.4, -0.2) is 17.8 Å². The largest absolute Gasteiger partial charge is 0.481 e. The molecular formula is C11H13FO2. The van der Waals surface area contributed by atoms with Crippen LogP contribution in [0.4, 0.5) is 4.39 Å². The highest BCUT2D eigenvalue weighted by atomic mass is 19.1. The first kappa shape index (κ1) is 10.7. The summed E-state index contributed by atoms with van der Waals surface area (Å²) >= 11 is 0. The number of hydrogen-bond donors (Lipinski definition) is 1. The maximum atomic E-state index is 12.6. The zero-order valence-electron chi connectivity index (χ0n) is 8.03. The van der Waals surface area contributed by atoms with Crippen LogP contribution in [-0.2, 0) is 4.79 Å². The second kappa shape index (κ2) is 4.74. The minimum Gasteiger partial charge on any atom is -0.481 e. The topological polar surface area (TPSA) is 37.3 Å². The van der Waals surface area contributed by atoms with E-state index < -0.39 is 18.6 Å². The standard InChI is InChI=1S/C11H13FO2/c1-8-4-2-3-5-10(8)9(7-12)6-11(13)14/h2-5,9H,6-7H2,1H3,(H,13,14). The molecule has 0 spiro atoms. The average Bonchev–Trinajstić information content (AvgIpc) is 2.15. The number of carboxylic acids is 1. The first-order valence-electron chi connectivity index (χ1n) is 4.48. The van der Waals surface area contributed by atoms with Gasteiger partial charge in [0.15, 0.2) is 0 Å². The number of carbonyl (C=O) groups is 1. The van der Waals surface area contributed by atoms with Crippen molar-refractivity contribution in [1.29, 1.82) is 0 Å². The fourth-order valence-electron chi connectivity index (χ4n) is 1.50. The van der Waals surface area contributed by atoms with Crippen LogP contribution in [0.1, 0.15) is 23.5 Å². The summed E-state index contributed by atoms with van der Waals surface area (Å²) in [6.45, 7) is 1.23. The van der Waals surface area contributed by atoms with E-state index in [9.17, 15) is 9.18 Å². The molecule has 0 heterocycles. The molecule has 2 nitrogen and oxygen atoms in total. The third-order valence-corrected chi connectivity index (χ3v) is 2.24. The molecule has 1 N–H and O–H groups in total. The van der Waals surface area contributed by atoms with E-state index in [1.165, 1.54) is 0 Å². The number of hydrogen-bond acceptors (Lipinski definition) is 1. The van der Waals surface area contributed by atoms with E-state index in [1.807, 2.05) is 19.1 Å². The van der Waals surface area contributed by atoms with Crippen LogP contribution in [0.25, 0.3) is 0 Å². The Kier molecular flexibility index (Phi) is 3.63. The van der Waals surface area contributed by atoms with E-state index in [2.05, 4.69) is 0 Å². The highest BCUT2D eigenvalue weighted by Crippen LogP contribution is 2.23. The summed E-state index contributed by atoms with van der Waals surface area (Å²) in [5.74, 6) is -1.48. The highest BCUT2D eigenvalue weighted by Gasteiger charge is 2.16. The SMILES string of the molecule is Cc1ccccc1C(CF)CC(=O)O. The van der Waals surface area contributed by atoms with Crippen LogP contribution in [0.2, 0.25) is 0 Å². The van der Waals surface area contributed by atoms with Crippen LogP contribution in [0.5, 0.6) is 0 Å². The van der Waals surface area contributed by atoms with Crippen molar-refractivity contribution in [3.8, 4) is 0 Å². The monoisotopic (exact) mass is 196 g/mol. The molecule has 0 aliphatic heterocycles. The molecule has 3 heteroatoms. The predicted molar refractivity (Wildman–Crippen MR) is 52.1 cm³/mol. The van der Waals surface area contributed by atoms with Crippen LogP contribution >= 0.6 is 0 Å². The predicted octanol–water partition coefficient (Wildman–Crippen LogP) is 2.52. The van der Waals surface area contributed by atoms with Crippen LogP contribution < -0.4 is 0 Å². The maximum absolute atomic E-state index is 12.6. The summed E-state index contributed by atoms with van der Waals surface area (Å²) in [7, 11) is 0. The summed E-state index contributed by atoms with van der Waals surface area (Å²) in [4.78, 5) is 10.5. The van der Waals surface area contributed by atoms with Gasteiger partial charge >= 0.3 is 5.97 Å². The van der Waals surface area contributed by atoms with Crippen molar-refractivity contribution in [2.45, 2.75) is 19.3 Å². The van der Waals surface area contributed by atoms with Gasteiger partial charge in [0.1, 0.15) is 0 Å². The van der Waals surface area contributed by atoms with E-state index in [4.69, 9.17) is 5.11 Å². The molecule has 0 amide bonds. The minimum absolute atomic E-state index is 0.151. The van der Waals surface area contributed by atoms with E-state index in [1.54, 1.807) is 12.1 Å². The summed E-state index contributed by atoms with van der Waals surface area (Å²) < 4.78 is 12.6. The molecule has 1 aromatic carbocycles. The molecule has 0 saturated carbocycles. The second-order valence-electron chi connectivity index (χ2n) is 3.31. The molecule has 0 fully saturated rings. The minimum atomic E-state index is -0.962. The number of carboxylic acid groups (broad SMARTS) is 1. The van der Waals surface area contributed by atoms with Gasteiger partial charge in [-0.2, -0.15) is 0 Å². The molecule has 1 rings (SSSR count). The molecule has 0 aliphatic carbocycles. The van der Waals surface area contributed by atoms with Crippen molar-refractivity contribution in [3.05, 3.63) is 35.4 Å². The van der Waals surface area contributed by atoms with Gasteiger partial charge in [-0.05, 0) is 18.1 Å². The molecule has 76 valence electrons. The maximum Gasteiger partial charge on any atom is 0.304 e. The Balaban J connectivity index is 2.89. The lowest BCUT2D eigenvalue weighted by atomic mass is 9.93. The molecule has 1 aromatic rings. The Hall–Kier alpha value is -1.38. The van der Waals surface area contributed by atoms with Gasteiger partial charge in [0.05, 0.1) is 13.1 Å². The fourth-order valence-corrected chi connectivity index (χ4v) is 1.50. The number of aryl methyl sites for hydroxylation is 1. The van der Waals surface area contributed by atoms with Crippen LogP contribution in [0, 0.1) is 6.92 Å². The molecule has 0 aliphatic rings. The number of benzene rings is 1. The molecule has 1 unspecified atom stereocenters. The zero-order valence-corrected chi connectivity index (χ0v) is 8.03. The molecule has 0 aromatic heterocycles. The van der Waals surface area contributed by atoms with Gasteiger partial charge in [-0.25, -0.2) is 0 Å². The third kappa shape index (κ3) is 2.55. The smallest absolute Gasteiger partial charge is 0.304 e. The van der Waals surface area contributed by atoms with Gasteiger partial charge in [-0.1, -0.05) is 24.3 Å². The van der Waals surface area contributed by atoms with E-state index in [0.717, 1.165) is 11.1 Å². The molecule has 0 saturated heterocycles. The second-order valence-corrected chi connectivity index (χ2v) is 3.31. The van der Waals surface area contributed by atoms with E-state index in [0.29, 0.717) is 0 Å². The van der Waals surface area contributed by atoms with Gasteiger partial charge in [0, 0.05) is 5.92 Å². The quantitative estimate of drug-likeness (QED) is 0.803. The Morgan fingerprint density at radius 3 is 2.64 bits per heavy atom. The molecule has 0 radical (unpaired) electrons. The van der Waals surface area contributed by atoms with E-state index >= 15 is 0 Å². The lowest BCUT2D eigenvalue weighted by Gasteiger charge is -2.13. The third-order valence-electron chi connectivity index (χ3n) is 2.24. The van der Waals surface area contributed by atoms with Gasteiger partial charge < -0.3 is 5.11 Å². The normalized spacial score (nSPS) is 12.4. The van der Waals surface area contributed by atoms with Gasteiger partial charge in [-0.15, -0.1) is 0 Å². The number of rotatable bonds is 4. The van der Waals surface area contributed by atoms with Crippen LogP contribution in [0.15, 0.2) is 24.3 Å². The number of alkyl halides is 1. The lowest BCUT2D eigenvalue weighted by molar-refractivity contribution is -0.137.